The fourth-order valence-electron chi connectivity index (χ4n) is 3.80. The van der Waals surface area contributed by atoms with Crippen molar-refractivity contribution in [3.8, 4) is 17.5 Å². The Bertz CT molecular complexity index is 1450. The lowest BCUT2D eigenvalue weighted by molar-refractivity contribution is -0.165. The Kier molecular flexibility index (Phi) is 5.78. The van der Waals surface area contributed by atoms with Crippen molar-refractivity contribution in [1.29, 1.82) is 0 Å². The van der Waals surface area contributed by atoms with E-state index in [1.165, 1.54) is 31.2 Å². The summed E-state index contributed by atoms with van der Waals surface area (Å²) in [4.78, 5) is 35.7. The molecule has 13 nitrogen and oxygen atoms in total. The number of carbonyl (C=O) groups excluding carboxylic acids is 2. The molecule has 5 rings (SSSR count). The number of morpholine rings is 1. The molecule has 1 saturated heterocycles. The minimum atomic E-state index is -2.21. The maximum atomic E-state index is 13.3. The Morgan fingerprint density at radius 1 is 1.31 bits per heavy atom. The van der Waals surface area contributed by atoms with Crippen molar-refractivity contribution in [2.45, 2.75) is 18.6 Å². The van der Waals surface area contributed by atoms with Gasteiger partial charge in [-0.25, -0.2) is 4.98 Å². The normalized spacial score (nSPS) is 17.7. The maximum Gasteiger partial charge on any atom is 0.316 e. The average Bonchev–Trinajstić information content (AvgIpc) is 3.51. The number of carbonyl (C=O) groups is 2. The lowest BCUT2D eigenvalue weighted by Crippen LogP contribution is -2.61. The van der Waals surface area contributed by atoms with Gasteiger partial charge in [-0.1, -0.05) is 5.16 Å². The number of nitrogens with one attached hydrogen (secondary N) is 1. The second-order valence-corrected chi connectivity index (χ2v) is 8.19. The molecule has 186 valence electrons. The highest BCUT2D eigenvalue weighted by molar-refractivity contribution is 6.06. The number of amides is 2. The number of furan rings is 1. The summed E-state index contributed by atoms with van der Waals surface area (Å²) < 4.78 is 21.5. The average molecular weight is 494 g/mol. The summed E-state index contributed by atoms with van der Waals surface area (Å²) in [5.74, 6) is -0.667. The van der Waals surface area contributed by atoms with Crippen molar-refractivity contribution >= 4 is 40.2 Å². The van der Waals surface area contributed by atoms with E-state index in [1.54, 1.807) is 30.3 Å². The van der Waals surface area contributed by atoms with Crippen LogP contribution in [0, 0.1) is 0 Å². The molecule has 1 aliphatic rings. The van der Waals surface area contributed by atoms with Gasteiger partial charge in [0.15, 0.2) is 28.9 Å². The first-order valence-corrected chi connectivity index (χ1v) is 10.9. The number of ether oxygens (including phenoxy) is 2. The highest BCUT2D eigenvalue weighted by Crippen LogP contribution is 2.31. The number of hydrogen-bond donors (Lipinski definition) is 3. The lowest BCUT2D eigenvalue weighted by atomic mass is 9.95. The number of benzene rings is 1. The minimum Gasteiger partial charge on any atom is -0.467 e. The van der Waals surface area contributed by atoms with Gasteiger partial charge in [-0.15, -0.1) is 0 Å². The third-order valence-electron chi connectivity index (χ3n) is 5.74. The standard InChI is InChI=1S/C23H22N6O7/c1-23(32,21(31)26-12-3-4-13-16(11-12)36-28-19(13)24)18-20(30)29(9-10-34-18)17-6-5-15(35-17)14-7-8-25-22(27-14)33-2/h3-8,11,18,32H,9-10H2,1-2H3,(H2,24,28)(H,26,31). The third-order valence-corrected chi connectivity index (χ3v) is 5.74. The van der Waals surface area contributed by atoms with Gasteiger partial charge in [0, 0.05) is 24.0 Å². The van der Waals surface area contributed by atoms with E-state index < -0.39 is 23.5 Å². The molecule has 0 bridgehead atoms. The molecule has 1 aliphatic heterocycles. The number of methoxy groups -OCH3 is 1. The first kappa shape index (κ1) is 23.3. The van der Waals surface area contributed by atoms with Crippen LogP contribution in [0.3, 0.4) is 0 Å². The molecule has 13 heteroatoms. The van der Waals surface area contributed by atoms with Gasteiger partial charge in [0.05, 0.1) is 25.6 Å². The molecule has 0 saturated carbocycles. The molecular formula is C23H22N6O7. The molecule has 4 heterocycles. The molecule has 1 aromatic carbocycles. The third kappa shape index (κ3) is 4.10. The summed E-state index contributed by atoms with van der Waals surface area (Å²) >= 11 is 0. The molecule has 0 spiro atoms. The summed E-state index contributed by atoms with van der Waals surface area (Å²) in [7, 11) is 1.45. The molecule has 2 atom stereocenters. The van der Waals surface area contributed by atoms with E-state index in [9.17, 15) is 14.7 Å². The number of nitrogen functional groups attached to an aromatic ring is 1. The van der Waals surface area contributed by atoms with Crippen LogP contribution in [0.4, 0.5) is 17.4 Å². The number of nitrogens with two attached hydrogens (primary N) is 1. The molecular weight excluding hydrogens is 472 g/mol. The van der Waals surface area contributed by atoms with Gasteiger partial charge in [0.2, 0.25) is 5.88 Å². The Morgan fingerprint density at radius 2 is 2.14 bits per heavy atom. The van der Waals surface area contributed by atoms with E-state index in [2.05, 4.69) is 20.4 Å². The summed E-state index contributed by atoms with van der Waals surface area (Å²) in [5.41, 5.74) is 4.64. The van der Waals surface area contributed by atoms with Crippen LogP contribution in [0.2, 0.25) is 0 Å². The molecule has 36 heavy (non-hydrogen) atoms. The smallest absolute Gasteiger partial charge is 0.316 e. The fourth-order valence-corrected chi connectivity index (χ4v) is 3.80. The summed E-state index contributed by atoms with van der Waals surface area (Å²) in [5, 5.41) is 17.9. The second kappa shape index (κ2) is 8.94. The minimum absolute atomic E-state index is 0.0699. The Hall–Kier alpha value is -4.49. The number of aliphatic hydroxyl groups is 1. The van der Waals surface area contributed by atoms with Gasteiger partial charge in [-0.2, -0.15) is 4.98 Å². The monoisotopic (exact) mass is 494 g/mol. The molecule has 2 amide bonds. The largest absolute Gasteiger partial charge is 0.467 e. The molecule has 4 N–H and O–H groups in total. The molecule has 0 radical (unpaired) electrons. The number of hydrogen-bond acceptors (Lipinski definition) is 11. The van der Waals surface area contributed by atoms with Crippen LogP contribution in [-0.4, -0.2) is 64.0 Å². The van der Waals surface area contributed by atoms with Crippen LogP contribution in [0.15, 0.2) is 51.5 Å². The van der Waals surface area contributed by atoms with E-state index in [4.69, 9.17) is 24.1 Å². The number of fused-ring (bicyclic) bond motifs is 1. The molecule has 2 unspecified atom stereocenters. The van der Waals surface area contributed by atoms with Crippen LogP contribution in [-0.2, 0) is 14.3 Å². The highest BCUT2D eigenvalue weighted by atomic mass is 16.5. The van der Waals surface area contributed by atoms with E-state index in [0.29, 0.717) is 28.1 Å². The quantitative estimate of drug-likeness (QED) is 0.354. The van der Waals surface area contributed by atoms with Crippen molar-refractivity contribution in [2.75, 3.05) is 36.2 Å². The topological polar surface area (TPSA) is 179 Å². The zero-order valence-electron chi connectivity index (χ0n) is 19.3. The van der Waals surface area contributed by atoms with E-state index in [-0.39, 0.29) is 30.9 Å². The van der Waals surface area contributed by atoms with Crippen molar-refractivity contribution in [3.05, 3.63) is 42.6 Å². The zero-order valence-corrected chi connectivity index (χ0v) is 19.3. The van der Waals surface area contributed by atoms with Crippen molar-refractivity contribution in [3.63, 3.8) is 0 Å². The Morgan fingerprint density at radius 3 is 2.94 bits per heavy atom. The van der Waals surface area contributed by atoms with Gasteiger partial charge in [0.1, 0.15) is 5.69 Å². The SMILES string of the molecule is COc1nccc(-c2ccc(N3CCOC(C(C)(O)C(=O)Nc4ccc5c(N)noc5c4)C3=O)o2)n1. The van der Waals surface area contributed by atoms with E-state index in [0.717, 1.165) is 0 Å². The first-order chi connectivity index (χ1) is 17.3. The number of rotatable bonds is 6. The molecule has 0 aliphatic carbocycles. The summed E-state index contributed by atoms with van der Waals surface area (Å²) in [6.45, 7) is 1.44. The highest BCUT2D eigenvalue weighted by Gasteiger charge is 2.49. The van der Waals surface area contributed by atoms with E-state index in [1.807, 2.05) is 0 Å². The maximum absolute atomic E-state index is 13.3. The van der Waals surface area contributed by atoms with E-state index >= 15 is 0 Å². The first-order valence-electron chi connectivity index (χ1n) is 10.9. The zero-order chi connectivity index (χ0) is 25.4. The second-order valence-electron chi connectivity index (χ2n) is 8.19. The van der Waals surface area contributed by atoms with Crippen molar-refractivity contribution < 1.29 is 33.1 Å². The fraction of sp³-hybridized carbons (Fsp3) is 0.261. The predicted octanol–water partition coefficient (Wildman–Crippen LogP) is 1.59. The van der Waals surface area contributed by atoms with Crippen LogP contribution in [0.1, 0.15) is 6.92 Å². The van der Waals surface area contributed by atoms with Gasteiger partial charge in [-0.3, -0.25) is 14.5 Å². The van der Waals surface area contributed by atoms with Gasteiger partial charge >= 0.3 is 6.01 Å². The van der Waals surface area contributed by atoms with Gasteiger partial charge in [-0.05, 0) is 31.2 Å². The van der Waals surface area contributed by atoms with Gasteiger partial charge < -0.3 is 34.6 Å². The number of anilines is 3. The number of aromatic nitrogens is 3. The van der Waals surface area contributed by atoms with Gasteiger partial charge in [0.25, 0.3) is 11.8 Å². The molecule has 4 aromatic rings. The molecule has 3 aromatic heterocycles. The van der Waals surface area contributed by atoms with Crippen LogP contribution in [0.25, 0.3) is 22.4 Å². The predicted molar refractivity (Wildman–Crippen MR) is 126 cm³/mol. The summed E-state index contributed by atoms with van der Waals surface area (Å²) in [6, 6.07) is 9.75. The molecule has 1 fully saturated rings. The Labute approximate surface area is 203 Å². The lowest BCUT2D eigenvalue weighted by Gasteiger charge is -2.37. The Balaban J connectivity index is 1.33. The summed E-state index contributed by atoms with van der Waals surface area (Å²) in [6.07, 6.45) is 0.0353. The van der Waals surface area contributed by atoms with Crippen molar-refractivity contribution in [2.24, 2.45) is 0 Å². The van der Waals surface area contributed by atoms with Crippen LogP contribution < -0.4 is 20.7 Å². The van der Waals surface area contributed by atoms with Crippen LogP contribution in [0.5, 0.6) is 6.01 Å². The van der Waals surface area contributed by atoms with Crippen molar-refractivity contribution in [1.82, 2.24) is 15.1 Å². The van der Waals surface area contributed by atoms with Crippen LogP contribution >= 0.6 is 0 Å². The number of nitrogens with zero attached hydrogens (tertiary/aromatic N) is 4.